The van der Waals surface area contributed by atoms with E-state index in [9.17, 15) is 4.79 Å². The van der Waals surface area contributed by atoms with Gasteiger partial charge in [0.15, 0.2) is 0 Å². The minimum atomic E-state index is -0.162. The van der Waals surface area contributed by atoms with Gasteiger partial charge in [-0.25, -0.2) is 4.98 Å². The van der Waals surface area contributed by atoms with E-state index in [1.807, 2.05) is 43.3 Å². The number of halogens is 1. The molecule has 1 amide bonds. The monoisotopic (exact) mass is 351 g/mol. The number of carbonyl (C=O) groups is 1. The van der Waals surface area contributed by atoms with Crippen LogP contribution < -0.4 is 10.6 Å². The van der Waals surface area contributed by atoms with Crippen molar-refractivity contribution in [2.75, 3.05) is 5.32 Å². The van der Waals surface area contributed by atoms with Gasteiger partial charge in [-0.3, -0.25) is 4.79 Å². The molecule has 0 spiro atoms. The summed E-state index contributed by atoms with van der Waals surface area (Å²) < 4.78 is 0. The second kappa shape index (κ2) is 7.81. The van der Waals surface area contributed by atoms with Crippen molar-refractivity contribution in [3.05, 3.63) is 88.6 Å². The first-order chi connectivity index (χ1) is 12.1. The second-order valence-corrected chi connectivity index (χ2v) is 6.17. The highest BCUT2D eigenvalue weighted by atomic mass is 35.5. The van der Waals surface area contributed by atoms with E-state index < -0.39 is 0 Å². The molecule has 1 aromatic heterocycles. The number of rotatable bonds is 5. The molecular formula is C20H18ClN3O. The van der Waals surface area contributed by atoms with Crippen molar-refractivity contribution in [3.63, 3.8) is 0 Å². The number of nitrogens with zero attached hydrogens (tertiary/aromatic N) is 1. The maximum atomic E-state index is 12.2. The molecular weight excluding hydrogens is 334 g/mol. The third-order valence-corrected chi connectivity index (χ3v) is 3.93. The van der Waals surface area contributed by atoms with Gasteiger partial charge >= 0.3 is 0 Å². The third-order valence-electron chi connectivity index (χ3n) is 3.68. The number of carbonyl (C=O) groups excluding carboxylic acids is 1. The second-order valence-electron chi connectivity index (χ2n) is 5.74. The topological polar surface area (TPSA) is 54.0 Å². The van der Waals surface area contributed by atoms with E-state index in [4.69, 9.17) is 11.6 Å². The maximum Gasteiger partial charge on any atom is 0.253 e. The van der Waals surface area contributed by atoms with Crippen LogP contribution in [0.1, 0.15) is 21.5 Å². The number of pyridine rings is 1. The maximum absolute atomic E-state index is 12.2. The molecule has 0 fully saturated rings. The SMILES string of the molecule is Cc1cccc(Nc2ccc(C(=O)NCc3ccc(Cl)cc3)cn2)c1. The van der Waals surface area contributed by atoms with E-state index in [1.165, 1.54) is 5.56 Å². The quantitative estimate of drug-likeness (QED) is 0.699. The first-order valence-electron chi connectivity index (χ1n) is 7.92. The average Bonchev–Trinajstić information content (AvgIpc) is 2.62. The van der Waals surface area contributed by atoms with Gasteiger partial charge in [-0.1, -0.05) is 35.9 Å². The highest BCUT2D eigenvalue weighted by molar-refractivity contribution is 6.30. The lowest BCUT2D eigenvalue weighted by molar-refractivity contribution is 0.0950. The summed E-state index contributed by atoms with van der Waals surface area (Å²) in [4.78, 5) is 16.5. The van der Waals surface area contributed by atoms with Crippen LogP contribution in [0.5, 0.6) is 0 Å². The van der Waals surface area contributed by atoms with Crippen molar-refractivity contribution in [2.45, 2.75) is 13.5 Å². The van der Waals surface area contributed by atoms with Crippen molar-refractivity contribution >= 4 is 29.0 Å². The first-order valence-corrected chi connectivity index (χ1v) is 8.30. The summed E-state index contributed by atoms with van der Waals surface area (Å²) in [5.41, 5.74) is 3.64. The third kappa shape index (κ3) is 4.81. The molecule has 5 heteroatoms. The number of hydrogen-bond acceptors (Lipinski definition) is 3. The Morgan fingerprint density at radius 2 is 1.88 bits per heavy atom. The van der Waals surface area contributed by atoms with Gasteiger partial charge in [-0.05, 0) is 54.4 Å². The van der Waals surface area contributed by atoms with Crippen molar-refractivity contribution < 1.29 is 4.79 Å². The molecule has 0 saturated carbocycles. The summed E-state index contributed by atoms with van der Waals surface area (Å²) in [5, 5.41) is 6.76. The Bertz CT molecular complexity index is 861. The molecule has 0 saturated heterocycles. The van der Waals surface area contributed by atoms with Crippen LogP contribution in [0, 0.1) is 6.92 Å². The molecule has 126 valence electrons. The van der Waals surface area contributed by atoms with Gasteiger partial charge in [0.05, 0.1) is 5.56 Å². The molecule has 3 aromatic rings. The van der Waals surface area contributed by atoms with Crippen LogP contribution in [0.25, 0.3) is 0 Å². The van der Waals surface area contributed by atoms with Crippen LogP contribution >= 0.6 is 11.6 Å². The van der Waals surface area contributed by atoms with Crippen LogP contribution in [0.2, 0.25) is 5.02 Å². The van der Waals surface area contributed by atoms with Gasteiger partial charge in [0, 0.05) is 23.5 Å². The normalized spacial score (nSPS) is 10.3. The van der Waals surface area contributed by atoms with Crippen LogP contribution in [-0.2, 0) is 6.54 Å². The predicted molar refractivity (Wildman–Crippen MR) is 101 cm³/mol. The Morgan fingerprint density at radius 3 is 2.56 bits per heavy atom. The van der Waals surface area contributed by atoms with Crippen LogP contribution in [-0.4, -0.2) is 10.9 Å². The van der Waals surface area contributed by atoms with Crippen LogP contribution in [0.15, 0.2) is 66.9 Å². The van der Waals surface area contributed by atoms with Crippen molar-refractivity contribution in [2.24, 2.45) is 0 Å². The van der Waals surface area contributed by atoms with Gasteiger partial charge in [0.1, 0.15) is 5.82 Å². The molecule has 0 bridgehead atoms. The lowest BCUT2D eigenvalue weighted by atomic mass is 10.2. The van der Waals surface area contributed by atoms with E-state index >= 15 is 0 Å². The Labute approximate surface area is 151 Å². The summed E-state index contributed by atoms with van der Waals surface area (Å²) in [6.45, 7) is 2.48. The lowest BCUT2D eigenvalue weighted by Gasteiger charge is -2.08. The largest absolute Gasteiger partial charge is 0.348 e. The van der Waals surface area contributed by atoms with Gasteiger partial charge < -0.3 is 10.6 Å². The van der Waals surface area contributed by atoms with Gasteiger partial charge in [0.2, 0.25) is 0 Å². The van der Waals surface area contributed by atoms with E-state index in [1.54, 1.807) is 30.5 Å². The molecule has 4 nitrogen and oxygen atoms in total. The summed E-state index contributed by atoms with van der Waals surface area (Å²) in [6, 6.07) is 18.9. The van der Waals surface area contributed by atoms with Crippen molar-refractivity contribution in [3.8, 4) is 0 Å². The summed E-state index contributed by atoms with van der Waals surface area (Å²) in [6.07, 6.45) is 1.56. The zero-order valence-corrected chi connectivity index (χ0v) is 14.5. The zero-order valence-electron chi connectivity index (χ0n) is 13.8. The van der Waals surface area contributed by atoms with Gasteiger partial charge in [-0.2, -0.15) is 0 Å². The minimum Gasteiger partial charge on any atom is -0.348 e. The van der Waals surface area contributed by atoms with Crippen molar-refractivity contribution in [1.82, 2.24) is 10.3 Å². The smallest absolute Gasteiger partial charge is 0.253 e. The fourth-order valence-corrected chi connectivity index (χ4v) is 2.49. The first kappa shape index (κ1) is 17.0. The fourth-order valence-electron chi connectivity index (χ4n) is 2.36. The number of nitrogens with one attached hydrogen (secondary N) is 2. The zero-order chi connectivity index (χ0) is 17.6. The van der Waals surface area contributed by atoms with E-state index in [2.05, 4.69) is 15.6 Å². The molecule has 0 radical (unpaired) electrons. The number of benzene rings is 2. The molecule has 0 aliphatic heterocycles. The van der Waals surface area contributed by atoms with Crippen LogP contribution in [0.3, 0.4) is 0 Å². The van der Waals surface area contributed by atoms with Gasteiger partial charge in [-0.15, -0.1) is 0 Å². The van der Waals surface area contributed by atoms with Crippen molar-refractivity contribution in [1.29, 1.82) is 0 Å². The highest BCUT2D eigenvalue weighted by Gasteiger charge is 2.06. The average molecular weight is 352 g/mol. The molecule has 0 unspecified atom stereocenters. The molecule has 0 atom stereocenters. The number of amides is 1. The number of anilines is 2. The highest BCUT2D eigenvalue weighted by Crippen LogP contribution is 2.16. The standard InChI is InChI=1S/C20H18ClN3O/c1-14-3-2-4-18(11-14)24-19-10-7-16(13-22-19)20(25)23-12-15-5-8-17(21)9-6-15/h2-11,13H,12H2,1H3,(H,22,24)(H,23,25). The lowest BCUT2D eigenvalue weighted by Crippen LogP contribution is -2.22. The molecule has 0 aliphatic rings. The molecule has 1 heterocycles. The number of hydrogen-bond donors (Lipinski definition) is 2. The summed E-state index contributed by atoms with van der Waals surface area (Å²) in [5.74, 6) is 0.532. The Balaban J connectivity index is 1.59. The Hall–Kier alpha value is -2.85. The summed E-state index contributed by atoms with van der Waals surface area (Å²) >= 11 is 5.85. The van der Waals surface area contributed by atoms with E-state index in [0.717, 1.165) is 11.3 Å². The van der Waals surface area contributed by atoms with Gasteiger partial charge in [0.25, 0.3) is 5.91 Å². The minimum absolute atomic E-state index is 0.162. The molecule has 3 rings (SSSR count). The molecule has 2 N–H and O–H groups in total. The number of aromatic nitrogens is 1. The van der Waals surface area contributed by atoms with E-state index in [0.29, 0.717) is 22.9 Å². The molecule has 0 aliphatic carbocycles. The molecule has 2 aromatic carbocycles. The number of aryl methyl sites for hydroxylation is 1. The van der Waals surface area contributed by atoms with Crippen LogP contribution in [0.4, 0.5) is 11.5 Å². The Kier molecular flexibility index (Phi) is 5.31. The molecule has 25 heavy (non-hydrogen) atoms. The predicted octanol–water partition coefficient (Wildman–Crippen LogP) is 4.72. The van der Waals surface area contributed by atoms with E-state index in [-0.39, 0.29) is 5.91 Å². The Morgan fingerprint density at radius 1 is 1.08 bits per heavy atom. The summed E-state index contributed by atoms with van der Waals surface area (Å²) in [7, 11) is 0. The fraction of sp³-hybridized carbons (Fsp3) is 0.100.